The van der Waals surface area contributed by atoms with Gasteiger partial charge in [0.05, 0.1) is 17.7 Å². The monoisotopic (exact) mass is 432 g/mol. The van der Waals surface area contributed by atoms with Crippen LogP contribution in [-0.4, -0.2) is 18.5 Å². The molecule has 2 aromatic rings. The quantitative estimate of drug-likeness (QED) is 0.357. The summed E-state index contributed by atoms with van der Waals surface area (Å²) in [4.78, 5) is 25.0. The summed E-state index contributed by atoms with van der Waals surface area (Å²) in [6.07, 6.45) is 4.23. The van der Waals surface area contributed by atoms with E-state index in [2.05, 4.69) is 29.8 Å². The zero-order chi connectivity index (χ0) is 19.6. The summed E-state index contributed by atoms with van der Waals surface area (Å²) in [6, 6.07) is 13.5. The number of hydrogen-bond acceptors (Lipinski definition) is 4. The van der Waals surface area contributed by atoms with Crippen molar-refractivity contribution in [2.45, 2.75) is 39.5 Å². The number of carbonyl (C=O) groups is 2. The predicted octanol–water partition coefficient (Wildman–Crippen LogP) is 6.04. The van der Waals surface area contributed by atoms with E-state index in [9.17, 15) is 9.59 Å². The molecular formula is C22H25BrO4. The first-order chi connectivity index (χ1) is 13.0. The van der Waals surface area contributed by atoms with Gasteiger partial charge >= 0.3 is 11.9 Å². The van der Waals surface area contributed by atoms with Gasteiger partial charge in [0.25, 0.3) is 0 Å². The minimum absolute atomic E-state index is 0.201. The molecule has 0 N–H and O–H groups in total. The lowest BCUT2D eigenvalue weighted by atomic mass is 10.0. The number of benzene rings is 2. The van der Waals surface area contributed by atoms with E-state index < -0.39 is 11.9 Å². The van der Waals surface area contributed by atoms with Crippen LogP contribution in [0.25, 0.3) is 0 Å². The van der Waals surface area contributed by atoms with Crippen molar-refractivity contribution in [1.82, 2.24) is 0 Å². The van der Waals surface area contributed by atoms with Crippen molar-refractivity contribution in [2.24, 2.45) is 5.92 Å². The molecule has 1 atom stereocenters. The highest BCUT2D eigenvalue weighted by molar-refractivity contribution is 9.10. The number of carbonyl (C=O) groups excluding carboxylic acids is 2. The molecule has 144 valence electrons. The van der Waals surface area contributed by atoms with Gasteiger partial charge in [-0.15, -0.1) is 0 Å². The minimum atomic E-state index is -0.581. The maximum Gasteiger partial charge on any atom is 0.344 e. The van der Waals surface area contributed by atoms with Gasteiger partial charge in [-0.1, -0.05) is 61.2 Å². The van der Waals surface area contributed by atoms with Crippen LogP contribution in [0, 0.1) is 5.92 Å². The van der Waals surface area contributed by atoms with Gasteiger partial charge in [-0.05, 0) is 48.7 Å². The molecule has 1 unspecified atom stereocenters. The molecule has 2 aromatic carbocycles. The van der Waals surface area contributed by atoms with E-state index in [1.165, 1.54) is 0 Å². The van der Waals surface area contributed by atoms with Crippen LogP contribution in [0.2, 0.25) is 0 Å². The van der Waals surface area contributed by atoms with Gasteiger partial charge in [-0.2, -0.15) is 0 Å². The Hall–Kier alpha value is -2.14. The maximum absolute atomic E-state index is 12.5. The topological polar surface area (TPSA) is 52.6 Å². The van der Waals surface area contributed by atoms with Crippen molar-refractivity contribution in [2.75, 3.05) is 6.61 Å². The zero-order valence-corrected chi connectivity index (χ0v) is 17.3. The van der Waals surface area contributed by atoms with Crippen LogP contribution in [0.15, 0.2) is 53.0 Å². The first kappa shape index (κ1) is 21.2. The molecule has 0 aliphatic carbocycles. The third-order valence-corrected chi connectivity index (χ3v) is 4.91. The summed E-state index contributed by atoms with van der Waals surface area (Å²) in [5.41, 5.74) is 0.428. The molecule has 0 amide bonds. The highest BCUT2D eigenvalue weighted by atomic mass is 79.9. The Kier molecular flexibility index (Phi) is 8.52. The maximum atomic E-state index is 12.5. The SMILES string of the molecule is CCCCC(CC)COC(=O)c1ccccc1C(=O)Oc1ccc(Br)cc1. The Morgan fingerprint density at radius 1 is 0.963 bits per heavy atom. The molecule has 2 rings (SSSR count). The Morgan fingerprint density at radius 3 is 2.19 bits per heavy atom. The third-order valence-electron chi connectivity index (χ3n) is 4.38. The molecular weight excluding hydrogens is 408 g/mol. The van der Waals surface area contributed by atoms with Crippen LogP contribution in [0.4, 0.5) is 0 Å². The second kappa shape index (κ2) is 10.9. The molecule has 0 fully saturated rings. The predicted molar refractivity (Wildman–Crippen MR) is 109 cm³/mol. The van der Waals surface area contributed by atoms with Crippen LogP contribution in [-0.2, 0) is 4.74 Å². The minimum Gasteiger partial charge on any atom is -0.462 e. The third kappa shape index (κ3) is 6.51. The van der Waals surface area contributed by atoms with Crippen LogP contribution >= 0.6 is 15.9 Å². The van der Waals surface area contributed by atoms with Gasteiger partial charge in [-0.3, -0.25) is 0 Å². The van der Waals surface area contributed by atoms with Crippen molar-refractivity contribution in [3.05, 3.63) is 64.1 Å². The Bertz CT molecular complexity index is 755. The molecule has 0 saturated heterocycles. The average Bonchev–Trinajstić information content (AvgIpc) is 2.69. The molecule has 27 heavy (non-hydrogen) atoms. The number of hydrogen-bond donors (Lipinski definition) is 0. The summed E-state index contributed by atoms with van der Waals surface area (Å²) in [6.45, 7) is 4.61. The van der Waals surface area contributed by atoms with Crippen molar-refractivity contribution in [3.8, 4) is 5.75 Å². The summed E-state index contributed by atoms with van der Waals surface area (Å²) in [5.74, 6) is -0.316. The lowest BCUT2D eigenvalue weighted by Crippen LogP contribution is -2.18. The molecule has 0 heterocycles. The lowest BCUT2D eigenvalue weighted by molar-refractivity contribution is 0.0422. The second-order valence-corrected chi connectivity index (χ2v) is 7.32. The van der Waals surface area contributed by atoms with E-state index in [0.717, 1.165) is 30.2 Å². The highest BCUT2D eigenvalue weighted by Crippen LogP contribution is 2.20. The van der Waals surface area contributed by atoms with Gasteiger partial charge in [-0.25, -0.2) is 9.59 Å². The Morgan fingerprint density at radius 2 is 1.59 bits per heavy atom. The highest BCUT2D eigenvalue weighted by Gasteiger charge is 2.20. The van der Waals surface area contributed by atoms with Gasteiger partial charge in [0.1, 0.15) is 5.75 Å². The molecule has 4 nitrogen and oxygen atoms in total. The fraction of sp³-hybridized carbons (Fsp3) is 0.364. The van der Waals surface area contributed by atoms with Crippen molar-refractivity contribution >= 4 is 27.9 Å². The molecule has 5 heteroatoms. The van der Waals surface area contributed by atoms with E-state index in [4.69, 9.17) is 9.47 Å². The van der Waals surface area contributed by atoms with Crippen LogP contribution in [0.1, 0.15) is 60.2 Å². The first-order valence-corrected chi connectivity index (χ1v) is 10.1. The van der Waals surface area contributed by atoms with Gasteiger partial charge in [0.2, 0.25) is 0 Å². The Balaban J connectivity index is 2.06. The zero-order valence-electron chi connectivity index (χ0n) is 15.7. The summed E-state index contributed by atoms with van der Waals surface area (Å²) < 4.78 is 11.7. The molecule has 0 bridgehead atoms. The average molecular weight is 433 g/mol. The Labute approximate surface area is 169 Å². The fourth-order valence-electron chi connectivity index (χ4n) is 2.67. The van der Waals surface area contributed by atoms with Crippen LogP contribution < -0.4 is 4.74 Å². The number of esters is 2. The number of ether oxygens (including phenoxy) is 2. The molecule has 0 radical (unpaired) electrons. The number of rotatable bonds is 9. The van der Waals surface area contributed by atoms with Gasteiger partial charge < -0.3 is 9.47 Å². The van der Waals surface area contributed by atoms with Crippen molar-refractivity contribution < 1.29 is 19.1 Å². The van der Waals surface area contributed by atoms with Crippen LogP contribution in [0.3, 0.4) is 0 Å². The van der Waals surface area contributed by atoms with Crippen molar-refractivity contribution in [1.29, 1.82) is 0 Å². The molecule has 0 aliphatic rings. The van der Waals surface area contributed by atoms with Crippen molar-refractivity contribution in [3.63, 3.8) is 0 Å². The van der Waals surface area contributed by atoms with Crippen LogP contribution in [0.5, 0.6) is 5.75 Å². The molecule has 0 saturated carbocycles. The number of unbranched alkanes of at least 4 members (excludes halogenated alkanes) is 1. The van der Waals surface area contributed by atoms with Gasteiger partial charge in [0.15, 0.2) is 0 Å². The van der Waals surface area contributed by atoms with E-state index in [-0.39, 0.29) is 11.1 Å². The van der Waals surface area contributed by atoms with Gasteiger partial charge in [0, 0.05) is 4.47 Å². The fourth-order valence-corrected chi connectivity index (χ4v) is 2.94. The molecule has 0 spiro atoms. The standard InChI is InChI=1S/C22H25BrO4/c1-3-5-8-16(4-2)15-26-21(24)19-9-6-7-10-20(19)22(25)27-18-13-11-17(23)12-14-18/h6-7,9-14,16H,3-5,8,15H2,1-2H3. The normalized spacial score (nSPS) is 11.7. The van der Waals surface area contributed by atoms with E-state index >= 15 is 0 Å². The second-order valence-electron chi connectivity index (χ2n) is 6.40. The van der Waals surface area contributed by atoms with E-state index in [1.54, 1.807) is 48.5 Å². The van der Waals surface area contributed by atoms with E-state index in [0.29, 0.717) is 18.3 Å². The molecule has 0 aromatic heterocycles. The van der Waals surface area contributed by atoms with E-state index in [1.807, 2.05) is 0 Å². The smallest absolute Gasteiger partial charge is 0.344 e. The summed E-state index contributed by atoms with van der Waals surface area (Å²) in [5, 5.41) is 0. The summed E-state index contributed by atoms with van der Waals surface area (Å²) >= 11 is 3.34. The first-order valence-electron chi connectivity index (χ1n) is 9.29. The summed E-state index contributed by atoms with van der Waals surface area (Å²) in [7, 11) is 0. The lowest BCUT2D eigenvalue weighted by Gasteiger charge is -2.15. The number of halogens is 1. The largest absolute Gasteiger partial charge is 0.462 e. The molecule has 0 aliphatic heterocycles.